The van der Waals surface area contributed by atoms with Gasteiger partial charge in [0.15, 0.2) is 0 Å². The smallest absolute Gasteiger partial charge is 0.285 e. The summed E-state index contributed by atoms with van der Waals surface area (Å²) in [6.45, 7) is 1.99. The fourth-order valence-corrected chi connectivity index (χ4v) is 6.13. The molecule has 0 radical (unpaired) electrons. The van der Waals surface area contributed by atoms with Crippen LogP contribution in [0.25, 0.3) is 0 Å². The number of hydrogen-bond acceptors (Lipinski definition) is 6. The van der Waals surface area contributed by atoms with E-state index in [2.05, 4.69) is 26.2 Å². The van der Waals surface area contributed by atoms with E-state index in [1.165, 1.54) is 19.2 Å². The highest BCUT2D eigenvalue weighted by atomic mass is 79.9. The SMILES string of the molecule is CC(=O)N1CCc2cc(Br)c(S(=O)(=O)n3cc(C4(O)CCCCC4)nn3)cc21. The van der Waals surface area contributed by atoms with Crippen molar-refractivity contribution < 1.29 is 18.3 Å². The van der Waals surface area contributed by atoms with Crippen LogP contribution in [-0.2, 0) is 26.8 Å². The third-order valence-corrected chi connectivity index (χ3v) is 8.05. The minimum absolute atomic E-state index is 0.00600. The van der Waals surface area contributed by atoms with E-state index in [-0.39, 0.29) is 16.5 Å². The number of amides is 1. The normalized spacial score (nSPS) is 18.9. The summed E-state index contributed by atoms with van der Waals surface area (Å²) in [5.74, 6) is -0.132. The Morgan fingerprint density at radius 1 is 1.25 bits per heavy atom. The van der Waals surface area contributed by atoms with Crippen molar-refractivity contribution in [3.63, 3.8) is 0 Å². The summed E-state index contributed by atoms with van der Waals surface area (Å²) < 4.78 is 27.6. The van der Waals surface area contributed by atoms with Crippen LogP contribution < -0.4 is 4.90 Å². The Kier molecular flexibility index (Phi) is 4.83. The molecule has 2 aromatic rings. The van der Waals surface area contributed by atoms with Crippen molar-refractivity contribution >= 4 is 37.5 Å². The van der Waals surface area contributed by atoms with Crippen LogP contribution in [0.1, 0.15) is 50.3 Å². The van der Waals surface area contributed by atoms with Crippen molar-refractivity contribution in [3.05, 3.63) is 34.1 Å². The first kappa shape index (κ1) is 19.5. The van der Waals surface area contributed by atoms with Gasteiger partial charge in [-0.1, -0.05) is 24.5 Å². The maximum Gasteiger partial charge on any atom is 0.285 e. The van der Waals surface area contributed by atoms with Crippen LogP contribution in [0.2, 0.25) is 0 Å². The summed E-state index contributed by atoms with van der Waals surface area (Å²) in [7, 11) is -4.04. The lowest BCUT2D eigenvalue weighted by molar-refractivity contribution is -0.116. The zero-order valence-corrected chi connectivity index (χ0v) is 17.8. The molecular weight excluding hydrogens is 448 g/mol. The number of aliphatic hydroxyl groups is 1. The summed E-state index contributed by atoms with van der Waals surface area (Å²) in [6, 6.07) is 3.23. The first-order chi connectivity index (χ1) is 13.2. The molecule has 0 unspecified atom stereocenters. The Bertz CT molecular complexity index is 1040. The standard InChI is InChI=1S/C18H21BrN4O4S/c1-12(24)22-8-5-13-9-14(19)16(10-15(13)22)28(26,27)23-11-17(20-21-23)18(25)6-3-2-4-7-18/h9-11,25H,2-8H2,1H3. The minimum Gasteiger partial charge on any atom is -0.383 e. The van der Waals surface area contributed by atoms with Crippen molar-refractivity contribution in [1.29, 1.82) is 0 Å². The molecule has 2 aliphatic rings. The van der Waals surface area contributed by atoms with Crippen LogP contribution in [0.4, 0.5) is 5.69 Å². The fraction of sp³-hybridized carbons (Fsp3) is 0.500. The van der Waals surface area contributed by atoms with E-state index >= 15 is 0 Å². The molecule has 2 heterocycles. The average molecular weight is 469 g/mol. The molecule has 8 nitrogen and oxygen atoms in total. The molecule has 0 spiro atoms. The molecule has 1 aromatic heterocycles. The van der Waals surface area contributed by atoms with Gasteiger partial charge in [-0.3, -0.25) is 4.79 Å². The number of nitrogens with zero attached hydrogens (tertiary/aromatic N) is 4. The number of anilines is 1. The lowest BCUT2D eigenvalue weighted by Crippen LogP contribution is -2.29. The molecule has 0 saturated heterocycles. The van der Waals surface area contributed by atoms with Gasteiger partial charge >= 0.3 is 0 Å². The monoisotopic (exact) mass is 468 g/mol. The van der Waals surface area contributed by atoms with Gasteiger partial charge in [0.1, 0.15) is 16.2 Å². The third-order valence-electron chi connectivity index (χ3n) is 5.56. The van der Waals surface area contributed by atoms with Crippen molar-refractivity contribution in [1.82, 2.24) is 14.4 Å². The molecule has 0 atom stereocenters. The molecule has 1 N–H and O–H groups in total. The number of fused-ring (bicyclic) bond motifs is 1. The van der Waals surface area contributed by atoms with Gasteiger partial charge in [-0.2, -0.15) is 8.42 Å². The van der Waals surface area contributed by atoms with Gasteiger partial charge in [-0.25, -0.2) is 0 Å². The van der Waals surface area contributed by atoms with Crippen LogP contribution in [0.3, 0.4) is 0 Å². The summed E-state index contributed by atoms with van der Waals surface area (Å²) in [5, 5.41) is 18.5. The van der Waals surface area contributed by atoms with E-state index in [0.29, 0.717) is 36.0 Å². The topological polar surface area (TPSA) is 105 Å². The first-order valence-electron chi connectivity index (χ1n) is 9.24. The fourth-order valence-electron chi connectivity index (χ4n) is 3.99. The zero-order valence-electron chi connectivity index (χ0n) is 15.4. The average Bonchev–Trinajstić information content (AvgIpc) is 3.29. The molecule has 1 aliphatic heterocycles. The number of hydrogen-bond donors (Lipinski definition) is 1. The minimum atomic E-state index is -4.04. The van der Waals surface area contributed by atoms with Gasteiger partial charge in [-0.15, -0.1) is 9.19 Å². The molecule has 1 fully saturated rings. The number of benzene rings is 1. The van der Waals surface area contributed by atoms with Crippen LogP contribution in [-0.4, -0.2) is 40.4 Å². The predicted molar refractivity (Wildman–Crippen MR) is 105 cm³/mol. The molecular formula is C18H21BrN4O4S. The molecule has 4 rings (SSSR count). The molecule has 10 heteroatoms. The highest BCUT2D eigenvalue weighted by molar-refractivity contribution is 9.10. The number of carbonyl (C=O) groups excluding carboxylic acids is 1. The zero-order chi connectivity index (χ0) is 20.1. The highest BCUT2D eigenvalue weighted by Crippen LogP contribution is 2.38. The summed E-state index contributed by atoms with van der Waals surface area (Å²) in [5.41, 5.74) is 0.655. The summed E-state index contributed by atoms with van der Waals surface area (Å²) >= 11 is 3.34. The molecule has 1 amide bonds. The van der Waals surface area contributed by atoms with E-state index < -0.39 is 15.6 Å². The van der Waals surface area contributed by atoms with E-state index in [0.717, 1.165) is 28.9 Å². The Morgan fingerprint density at radius 2 is 1.96 bits per heavy atom. The third kappa shape index (κ3) is 3.17. The van der Waals surface area contributed by atoms with Crippen LogP contribution in [0, 0.1) is 0 Å². The highest BCUT2D eigenvalue weighted by Gasteiger charge is 2.36. The van der Waals surface area contributed by atoms with Gasteiger partial charge in [0, 0.05) is 23.6 Å². The Morgan fingerprint density at radius 3 is 2.64 bits per heavy atom. The van der Waals surface area contributed by atoms with E-state index in [9.17, 15) is 18.3 Å². The maximum atomic E-state index is 13.2. The largest absolute Gasteiger partial charge is 0.383 e. The summed E-state index contributed by atoms with van der Waals surface area (Å²) in [6.07, 6.45) is 5.84. The second-order valence-electron chi connectivity index (χ2n) is 7.41. The Hall–Kier alpha value is -1.78. The van der Waals surface area contributed by atoms with Crippen LogP contribution in [0.15, 0.2) is 27.7 Å². The maximum absolute atomic E-state index is 13.2. The predicted octanol–water partition coefficient (Wildman–Crippen LogP) is 2.34. The second kappa shape index (κ2) is 6.93. The Labute approximate surface area is 171 Å². The van der Waals surface area contributed by atoms with Gasteiger partial charge in [0.05, 0.1) is 6.20 Å². The van der Waals surface area contributed by atoms with Gasteiger partial charge in [0.2, 0.25) is 5.91 Å². The van der Waals surface area contributed by atoms with Crippen molar-refractivity contribution in [2.75, 3.05) is 11.4 Å². The van der Waals surface area contributed by atoms with Crippen molar-refractivity contribution in [2.24, 2.45) is 0 Å². The van der Waals surface area contributed by atoms with Gasteiger partial charge in [0.25, 0.3) is 10.0 Å². The quantitative estimate of drug-likeness (QED) is 0.740. The summed E-state index contributed by atoms with van der Waals surface area (Å²) in [4.78, 5) is 13.4. The molecule has 0 bridgehead atoms. The van der Waals surface area contributed by atoms with E-state index in [1.807, 2.05) is 0 Å². The van der Waals surface area contributed by atoms with Gasteiger partial charge in [-0.05, 0) is 52.9 Å². The number of aromatic nitrogens is 3. The molecule has 1 aliphatic carbocycles. The van der Waals surface area contributed by atoms with Crippen LogP contribution in [0.5, 0.6) is 0 Å². The molecule has 150 valence electrons. The lowest BCUT2D eigenvalue weighted by Gasteiger charge is -2.29. The van der Waals surface area contributed by atoms with E-state index in [1.54, 1.807) is 11.0 Å². The second-order valence-corrected chi connectivity index (χ2v) is 10.0. The Balaban J connectivity index is 1.74. The first-order valence-corrected chi connectivity index (χ1v) is 11.5. The molecule has 1 aromatic carbocycles. The van der Waals surface area contributed by atoms with Crippen molar-refractivity contribution in [3.8, 4) is 0 Å². The number of halogens is 1. The number of carbonyl (C=O) groups is 1. The van der Waals surface area contributed by atoms with Gasteiger partial charge < -0.3 is 10.0 Å². The number of rotatable bonds is 3. The lowest BCUT2D eigenvalue weighted by atomic mass is 9.83. The molecule has 28 heavy (non-hydrogen) atoms. The molecule has 1 saturated carbocycles. The van der Waals surface area contributed by atoms with Crippen molar-refractivity contribution in [2.45, 2.75) is 55.9 Å². The van der Waals surface area contributed by atoms with Crippen LogP contribution >= 0.6 is 15.9 Å². The van der Waals surface area contributed by atoms with E-state index in [4.69, 9.17) is 0 Å².